The number of benzene rings is 3. The van der Waals surface area contributed by atoms with Gasteiger partial charge in [0, 0.05) is 103 Å². The van der Waals surface area contributed by atoms with Gasteiger partial charge in [-0.15, -0.1) is 0 Å². The first-order valence-corrected chi connectivity index (χ1v) is 24.2. The Morgan fingerprint density at radius 2 is 1.58 bits per heavy atom. The minimum absolute atomic E-state index is 0.0600. The highest BCUT2D eigenvalue weighted by atomic mass is 16.5. The van der Waals surface area contributed by atoms with E-state index in [0.717, 1.165) is 87.3 Å². The molecule has 66 heavy (non-hydrogen) atoms. The Kier molecular flexibility index (Phi) is 14.2. The molecule has 0 radical (unpaired) electrons. The van der Waals surface area contributed by atoms with Gasteiger partial charge in [-0.2, -0.15) is 5.26 Å². The number of hydrogen-bond acceptors (Lipinski definition) is 10. The van der Waals surface area contributed by atoms with Crippen molar-refractivity contribution in [1.82, 2.24) is 15.5 Å². The number of rotatable bonds is 10. The summed E-state index contributed by atoms with van der Waals surface area (Å²) in [7, 11) is 0. The average molecular weight is 900 g/mol. The molecule has 2 bridgehead atoms. The van der Waals surface area contributed by atoms with E-state index in [0.29, 0.717) is 78.5 Å². The Morgan fingerprint density at radius 3 is 2.26 bits per heavy atom. The molecule has 3 aromatic rings. The maximum Gasteiger partial charge on any atom is 0.251 e. The third-order valence-corrected chi connectivity index (χ3v) is 15.1. The first-order chi connectivity index (χ1) is 31.6. The van der Waals surface area contributed by atoms with Crippen LogP contribution >= 0.6 is 0 Å². The number of hydrogen-bond donors (Lipinski definition) is 2. The van der Waals surface area contributed by atoms with Gasteiger partial charge in [0.2, 0.25) is 5.91 Å². The number of ether oxygens (including phenoxy) is 4. The highest BCUT2D eigenvalue weighted by Gasteiger charge is 2.64. The number of Topliss-reactive ketones (excluding diaryl/α,β-unsaturated/α-hetero) is 1. The SMILES string of the molecule is C=C1CCC(CC(=O)c2ccc3c(c2)OCCCCOCCN(CC2CCN(c4ccc(C(=O)NC5C(C)(C)C(Oc6cc(C)c(C#N)c(C)c6)C5(C)C)cc4)CC2)C2CC(C2)O3)C(=O)N1. The lowest BCUT2D eigenvalue weighted by Crippen LogP contribution is -2.74. The van der Waals surface area contributed by atoms with Crippen LogP contribution in [-0.2, 0) is 9.53 Å². The first kappa shape index (κ1) is 47.1. The average Bonchev–Trinajstić information content (AvgIpc) is 3.28. The number of allylic oxidation sites excluding steroid dienone is 1. The third-order valence-electron chi connectivity index (χ3n) is 15.1. The Bertz CT molecular complexity index is 2280. The molecule has 3 aromatic carbocycles. The Morgan fingerprint density at radius 1 is 0.894 bits per heavy atom. The van der Waals surface area contributed by atoms with Crippen LogP contribution in [0.25, 0.3) is 0 Å². The monoisotopic (exact) mass is 900 g/mol. The third kappa shape index (κ3) is 10.3. The summed E-state index contributed by atoms with van der Waals surface area (Å²) in [5.41, 5.74) is 4.90. The van der Waals surface area contributed by atoms with E-state index >= 15 is 0 Å². The number of nitrogens with one attached hydrogen (secondary N) is 2. The molecule has 2 N–H and O–H groups in total. The van der Waals surface area contributed by atoms with Crippen molar-refractivity contribution in [2.45, 2.75) is 124 Å². The van der Waals surface area contributed by atoms with Crippen LogP contribution in [0.5, 0.6) is 17.2 Å². The highest BCUT2D eigenvalue weighted by Crippen LogP contribution is 2.55. The molecule has 4 fully saturated rings. The summed E-state index contributed by atoms with van der Waals surface area (Å²) in [5, 5.41) is 15.7. The van der Waals surface area contributed by atoms with Crippen LogP contribution in [0.2, 0.25) is 0 Å². The molecule has 352 valence electrons. The van der Waals surface area contributed by atoms with Crippen LogP contribution in [0.15, 0.2) is 66.9 Å². The summed E-state index contributed by atoms with van der Waals surface area (Å²) in [6, 6.07) is 20.0. The molecule has 6 aliphatic rings. The van der Waals surface area contributed by atoms with Gasteiger partial charge in [0.25, 0.3) is 5.91 Å². The molecular formula is C54H69N5O7. The molecule has 12 nitrogen and oxygen atoms in total. The number of aryl methyl sites for hydroxylation is 2. The van der Waals surface area contributed by atoms with Gasteiger partial charge in [-0.3, -0.25) is 19.3 Å². The fourth-order valence-electron chi connectivity index (χ4n) is 11.4. The zero-order valence-electron chi connectivity index (χ0n) is 39.9. The maximum absolute atomic E-state index is 13.7. The molecule has 1 unspecified atom stereocenters. The fourth-order valence-corrected chi connectivity index (χ4v) is 11.4. The second-order valence-corrected chi connectivity index (χ2v) is 20.7. The summed E-state index contributed by atoms with van der Waals surface area (Å²) < 4.78 is 25.5. The minimum Gasteiger partial charge on any atom is -0.490 e. The van der Waals surface area contributed by atoms with Gasteiger partial charge in [0.1, 0.15) is 18.0 Å². The molecule has 4 aliphatic heterocycles. The lowest BCUT2D eigenvalue weighted by atomic mass is 9.49. The molecule has 4 heterocycles. The number of nitriles is 1. The topological polar surface area (TPSA) is 142 Å². The van der Waals surface area contributed by atoms with Gasteiger partial charge >= 0.3 is 0 Å². The zero-order valence-corrected chi connectivity index (χ0v) is 39.9. The van der Waals surface area contributed by atoms with E-state index in [9.17, 15) is 19.6 Å². The van der Waals surface area contributed by atoms with E-state index in [2.05, 4.69) is 72.9 Å². The van der Waals surface area contributed by atoms with Crippen molar-refractivity contribution >= 4 is 23.3 Å². The molecule has 2 aliphatic carbocycles. The summed E-state index contributed by atoms with van der Waals surface area (Å²) in [5.74, 6) is 1.93. The van der Waals surface area contributed by atoms with Crippen LogP contribution in [0.1, 0.15) is 123 Å². The van der Waals surface area contributed by atoms with Gasteiger partial charge in [-0.25, -0.2) is 0 Å². The van der Waals surface area contributed by atoms with E-state index in [1.165, 1.54) is 0 Å². The molecule has 0 aromatic heterocycles. The Labute approximate surface area is 391 Å². The van der Waals surface area contributed by atoms with Crippen molar-refractivity contribution in [2.24, 2.45) is 22.7 Å². The molecule has 0 spiro atoms. The van der Waals surface area contributed by atoms with Crippen molar-refractivity contribution in [3.63, 3.8) is 0 Å². The smallest absolute Gasteiger partial charge is 0.251 e. The van der Waals surface area contributed by atoms with Crippen molar-refractivity contribution in [2.75, 3.05) is 50.9 Å². The minimum atomic E-state index is -0.354. The number of carbonyl (C=O) groups excluding carboxylic acids is 3. The fraction of sp³-hybridized carbons (Fsp3) is 0.556. The van der Waals surface area contributed by atoms with E-state index < -0.39 is 0 Å². The lowest BCUT2D eigenvalue weighted by molar-refractivity contribution is -0.164. The van der Waals surface area contributed by atoms with Gasteiger partial charge in [0.15, 0.2) is 17.3 Å². The van der Waals surface area contributed by atoms with Crippen LogP contribution in [0, 0.1) is 47.8 Å². The van der Waals surface area contributed by atoms with E-state index in [-0.39, 0.29) is 59.0 Å². The van der Waals surface area contributed by atoms with Crippen LogP contribution in [-0.4, -0.2) is 92.8 Å². The molecular weight excluding hydrogens is 831 g/mol. The number of anilines is 1. The Balaban J connectivity index is 0.819. The van der Waals surface area contributed by atoms with Crippen LogP contribution in [0.4, 0.5) is 5.69 Å². The largest absolute Gasteiger partial charge is 0.490 e. The maximum atomic E-state index is 13.7. The summed E-state index contributed by atoms with van der Waals surface area (Å²) in [6.07, 6.45) is 7.13. The van der Waals surface area contributed by atoms with Gasteiger partial charge < -0.3 is 34.5 Å². The van der Waals surface area contributed by atoms with Crippen molar-refractivity contribution < 1.29 is 33.3 Å². The molecule has 2 amide bonds. The Hall–Kier alpha value is -5.38. The molecule has 9 rings (SSSR count). The number of carbonyl (C=O) groups is 3. The second kappa shape index (κ2) is 19.8. The predicted molar refractivity (Wildman–Crippen MR) is 255 cm³/mol. The number of fused-ring (bicyclic) bond motifs is 8. The standard InChI is InChI=1S/C54H69N5O7/c1-34-26-43(27-35(2)45(34)32-55)66-52-53(4,5)51(54(52,6)7)57-49(61)38-12-15-41(16-13-38)58-20-18-37(19-21-58)33-59-22-25-63-23-8-9-24-64-48-29-39(14-17-47(48)65-44-30-42(59)31-44)46(60)28-40-11-10-36(3)56-50(40)62/h12-17,26-27,29,37,40,42,44,51-52H,3,8-11,18-25,28,30-31,33H2,1-2,4-7H3,(H,56,62)(H,57,61). The summed E-state index contributed by atoms with van der Waals surface area (Å²) in [6.45, 7) is 22.0. The normalized spacial score (nSPS) is 25.7. The molecule has 1 atom stereocenters. The van der Waals surface area contributed by atoms with Crippen molar-refractivity contribution in [3.8, 4) is 23.3 Å². The van der Waals surface area contributed by atoms with Gasteiger partial charge in [0.05, 0.1) is 24.8 Å². The summed E-state index contributed by atoms with van der Waals surface area (Å²) >= 11 is 0. The van der Waals surface area contributed by atoms with E-state index in [1.807, 2.05) is 44.2 Å². The second-order valence-electron chi connectivity index (χ2n) is 20.7. The van der Waals surface area contributed by atoms with Gasteiger partial charge in [-0.1, -0.05) is 34.3 Å². The van der Waals surface area contributed by atoms with Gasteiger partial charge in [-0.05, 0) is 124 Å². The van der Waals surface area contributed by atoms with E-state index in [4.69, 9.17) is 18.9 Å². The lowest BCUT2D eigenvalue weighted by Gasteiger charge is -2.63. The number of amides is 2. The van der Waals surface area contributed by atoms with Crippen LogP contribution in [0.3, 0.4) is 0 Å². The van der Waals surface area contributed by atoms with Crippen molar-refractivity contribution in [1.29, 1.82) is 5.26 Å². The van der Waals surface area contributed by atoms with Crippen molar-refractivity contribution in [3.05, 3.63) is 94.7 Å². The molecule has 2 saturated carbocycles. The number of piperidine rings is 2. The number of ketones is 1. The highest BCUT2D eigenvalue weighted by molar-refractivity contribution is 5.99. The quantitative estimate of drug-likeness (QED) is 0.190. The van der Waals surface area contributed by atoms with E-state index in [1.54, 1.807) is 12.1 Å². The zero-order chi connectivity index (χ0) is 46.8. The predicted octanol–water partition coefficient (Wildman–Crippen LogP) is 8.72. The molecule has 12 heteroatoms. The first-order valence-electron chi connectivity index (χ1n) is 24.2. The number of nitrogens with zero attached hydrogens (tertiary/aromatic N) is 3. The van der Waals surface area contributed by atoms with Crippen LogP contribution < -0.4 is 29.7 Å². The molecule has 2 saturated heterocycles. The summed E-state index contributed by atoms with van der Waals surface area (Å²) in [4.78, 5) is 44.5.